The van der Waals surface area contributed by atoms with E-state index in [1.807, 2.05) is 0 Å². The summed E-state index contributed by atoms with van der Waals surface area (Å²) in [4.78, 5) is 0. The largest absolute Gasteiger partial charge is 0.395 e. The average molecular weight is 201 g/mol. The molecule has 1 aliphatic carbocycles. The number of aliphatic hydroxyl groups excluding tert-OH is 1. The Bertz CT molecular complexity index is 334. The zero-order valence-corrected chi connectivity index (χ0v) is 7.81. The predicted octanol–water partition coefficient (Wildman–Crippen LogP) is 2.50. The second-order valence-corrected chi connectivity index (χ2v) is 4.00. The van der Waals surface area contributed by atoms with Gasteiger partial charge in [-0.1, -0.05) is 11.6 Å². The molecule has 1 N–H and O–H groups in total. The second kappa shape index (κ2) is 2.96. The predicted molar refractivity (Wildman–Crippen MR) is 49.4 cm³/mol. The Labute approximate surface area is 81.1 Å². The highest BCUT2D eigenvalue weighted by atomic mass is 35.5. The van der Waals surface area contributed by atoms with Crippen molar-refractivity contribution in [2.24, 2.45) is 0 Å². The van der Waals surface area contributed by atoms with Gasteiger partial charge in [-0.15, -0.1) is 0 Å². The maximum atomic E-state index is 13.3. The molecule has 0 aromatic heterocycles. The van der Waals surface area contributed by atoms with E-state index in [2.05, 4.69) is 0 Å². The fourth-order valence-electron chi connectivity index (χ4n) is 1.57. The fraction of sp³-hybridized carbons (Fsp3) is 0.400. The number of halogens is 2. The van der Waals surface area contributed by atoms with Gasteiger partial charge in [0.2, 0.25) is 0 Å². The molecule has 1 aromatic carbocycles. The van der Waals surface area contributed by atoms with Crippen LogP contribution < -0.4 is 0 Å². The fourth-order valence-corrected chi connectivity index (χ4v) is 1.74. The topological polar surface area (TPSA) is 20.2 Å². The van der Waals surface area contributed by atoms with E-state index < -0.39 is 0 Å². The zero-order valence-electron chi connectivity index (χ0n) is 7.06. The second-order valence-electron chi connectivity index (χ2n) is 3.56. The molecule has 0 aliphatic heterocycles. The molecule has 0 amide bonds. The van der Waals surface area contributed by atoms with E-state index in [-0.39, 0.29) is 17.8 Å². The normalized spacial score (nSPS) is 18.7. The first-order valence-corrected chi connectivity index (χ1v) is 4.62. The molecule has 1 nitrogen and oxygen atoms in total. The molecule has 1 fully saturated rings. The lowest BCUT2D eigenvalue weighted by Gasteiger charge is -2.13. The number of hydrogen-bond acceptors (Lipinski definition) is 1. The summed E-state index contributed by atoms with van der Waals surface area (Å²) in [5.41, 5.74) is 0.220. The molecular weight excluding hydrogens is 191 g/mol. The Morgan fingerprint density at radius 1 is 1.46 bits per heavy atom. The maximum absolute atomic E-state index is 13.3. The Hall–Kier alpha value is -0.600. The minimum atomic E-state index is -0.338. The minimum absolute atomic E-state index is 0.00423. The van der Waals surface area contributed by atoms with Gasteiger partial charge in [-0.25, -0.2) is 4.39 Å². The Morgan fingerprint density at radius 3 is 2.69 bits per heavy atom. The summed E-state index contributed by atoms with van der Waals surface area (Å²) in [6.45, 7) is 0.00423. The molecule has 0 radical (unpaired) electrons. The Balaban J connectivity index is 2.44. The number of hydrogen-bond donors (Lipinski definition) is 1. The van der Waals surface area contributed by atoms with Gasteiger partial charge in [0.05, 0.1) is 6.61 Å². The van der Waals surface area contributed by atoms with E-state index in [9.17, 15) is 4.39 Å². The van der Waals surface area contributed by atoms with Gasteiger partial charge in [-0.3, -0.25) is 0 Å². The summed E-state index contributed by atoms with van der Waals surface area (Å²) in [6, 6.07) is 4.49. The van der Waals surface area contributed by atoms with Crippen molar-refractivity contribution < 1.29 is 9.50 Å². The van der Waals surface area contributed by atoms with Crippen LogP contribution >= 0.6 is 11.6 Å². The zero-order chi connectivity index (χ0) is 9.47. The van der Waals surface area contributed by atoms with E-state index in [0.29, 0.717) is 10.6 Å². The van der Waals surface area contributed by atoms with Crippen LogP contribution in [0.4, 0.5) is 4.39 Å². The van der Waals surface area contributed by atoms with Gasteiger partial charge in [-0.05, 0) is 36.6 Å². The molecule has 2 rings (SSSR count). The Morgan fingerprint density at radius 2 is 2.15 bits per heavy atom. The van der Waals surface area contributed by atoms with Crippen LogP contribution in [0.3, 0.4) is 0 Å². The van der Waals surface area contributed by atoms with E-state index in [0.717, 1.165) is 12.8 Å². The van der Waals surface area contributed by atoms with Crippen molar-refractivity contribution in [1.29, 1.82) is 0 Å². The third-order valence-electron chi connectivity index (χ3n) is 2.66. The summed E-state index contributed by atoms with van der Waals surface area (Å²) in [5, 5.41) is 9.64. The van der Waals surface area contributed by atoms with Crippen LogP contribution in [0.1, 0.15) is 18.4 Å². The van der Waals surface area contributed by atoms with Gasteiger partial charge >= 0.3 is 0 Å². The van der Waals surface area contributed by atoms with Crippen LogP contribution in [0.25, 0.3) is 0 Å². The molecule has 0 heterocycles. The molecule has 0 saturated heterocycles. The summed E-state index contributed by atoms with van der Waals surface area (Å²) in [6.07, 6.45) is 1.70. The molecule has 0 spiro atoms. The van der Waals surface area contributed by atoms with Crippen molar-refractivity contribution in [3.63, 3.8) is 0 Å². The lowest BCUT2D eigenvalue weighted by Crippen LogP contribution is -2.13. The third kappa shape index (κ3) is 1.45. The van der Waals surface area contributed by atoms with Gasteiger partial charge in [-0.2, -0.15) is 0 Å². The first kappa shape index (κ1) is 8.97. The van der Waals surface area contributed by atoms with Crippen molar-refractivity contribution in [3.05, 3.63) is 34.6 Å². The summed E-state index contributed by atoms with van der Waals surface area (Å²) in [5.74, 6) is -0.268. The number of benzene rings is 1. The number of rotatable bonds is 2. The van der Waals surface area contributed by atoms with Gasteiger partial charge in [0, 0.05) is 10.4 Å². The van der Waals surface area contributed by atoms with Crippen molar-refractivity contribution in [3.8, 4) is 0 Å². The van der Waals surface area contributed by atoms with E-state index in [1.165, 1.54) is 12.1 Å². The van der Waals surface area contributed by atoms with Gasteiger partial charge < -0.3 is 5.11 Å². The molecule has 0 atom stereocenters. The van der Waals surface area contributed by atoms with Crippen molar-refractivity contribution in [2.45, 2.75) is 18.3 Å². The standard InChI is InChI=1S/C10H10ClFO/c11-7-1-2-9(12)8(5-7)10(6-13)3-4-10/h1-2,5,13H,3-4,6H2. The molecule has 0 unspecified atom stereocenters. The van der Waals surface area contributed by atoms with Crippen molar-refractivity contribution >= 4 is 11.6 Å². The van der Waals surface area contributed by atoms with Crippen LogP contribution in [0.5, 0.6) is 0 Å². The smallest absolute Gasteiger partial charge is 0.127 e. The van der Waals surface area contributed by atoms with Crippen LogP contribution in [0, 0.1) is 5.82 Å². The lowest BCUT2D eigenvalue weighted by atomic mass is 9.96. The summed E-state index contributed by atoms with van der Waals surface area (Å²) < 4.78 is 13.3. The highest BCUT2D eigenvalue weighted by molar-refractivity contribution is 6.30. The molecule has 3 heteroatoms. The lowest BCUT2D eigenvalue weighted by molar-refractivity contribution is 0.252. The third-order valence-corrected chi connectivity index (χ3v) is 2.89. The molecule has 70 valence electrons. The van der Waals surface area contributed by atoms with Crippen LogP contribution in [0.2, 0.25) is 5.02 Å². The van der Waals surface area contributed by atoms with Crippen LogP contribution in [-0.4, -0.2) is 11.7 Å². The summed E-state index contributed by atoms with van der Waals surface area (Å²) >= 11 is 5.76. The quantitative estimate of drug-likeness (QED) is 0.778. The minimum Gasteiger partial charge on any atom is -0.395 e. The highest BCUT2D eigenvalue weighted by Crippen LogP contribution is 2.48. The van der Waals surface area contributed by atoms with Crippen molar-refractivity contribution in [2.75, 3.05) is 6.61 Å². The molecule has 1 saturated carbocycles. The molecule has 13 heavy (non-hydrogen) atoms. The first-order valence-electron chi connectivity index (χ1n) is 4.24. The van der Waals surface area contributed by atoms with Crippen LogP contribution in [0.15, 0.2) is 18.2 Å². The first-order chi connectivity index (χ1) is 6.18. The highest BCUT2D eigenvalue weighted by Gasteiger charge is 2.45. The SMILES string of the molecule is OCC1(c2cc(Cl)ccc2F)CC1. The van der Waals surface area contributed by atoms with Gasteiger partial charge in [0.25, 0.3) is 0 Å². The molecular formula is C10H10ClFO. The molecule has 1 aliphatic rings. The van der Waals surface area contributed by atoms with Gasteiger partial charge in [0.1, 0.15) is 5.82 Å². The Kier molecular flexibility index (Phi) is 2.05. The van der Waals surface area contributed by atoms with Crippen LogP contribution in [-0.2, 0) is 5.41 Å². The maximum Gasteiger partial charge on any atom is 0.127 e. The monoisotopic (exact) mass is 200 g/mol. The van der Waals surface area contributed by atoms with E-state index >= 15 is 0 Å². The van der Waals surface area contributed by atoms with Gasteiger partial charge in [0.15, 0.2) is 0 Å². The molecule has 1 aromatic rings. The summed E-state index contributed by atoms with van der Waals surface area (Å²) in [7, 11) is 0. The van der Waals surface area contributed by atoms with Crippen molar-refractivity contribution in [1.82, 2.24) is 0 Å². The number of aliphatic hydroxyl groups is 1. The molecule has 0 bridgehead atoms. The van der Waals surface area contributed by atoms with E-state index in [4.69, 9.17) is 16.7 Å². The van der Waals surface area contributed by atoms with E-state index in [1.54, 1.807) is 6.07 Å². The average Bonchev–Trinajstić information content (AvgIpc) is 2.90.